The number of carbonyl (C=O) groups is 1. The average molecular weight is 265 g/mol. The fourth-order valence-corrected chi connectivity index (χ4v) is 2.22. The van der Waals surface area contributed by atoms with Crippen LogP contribution in [0.15, 0.2) is 24.3 Å². The molecule has 1 aromatic carbocycles. The average Bonchev–Trinajstić information content (AvgIpc) is 2.71. The highest BCUT2D eigenvalue weighted by molar-refractivity contribution is 5.77. The van der Waals surface area contributed by atoms with E-state index in [4.69, 9.17) is 0 Å². The number of likely N-dealkylation sites (N-methyl/N-ethyl adjacent to an activating group) is 1. The van der Waals surface area contributed by atoms with Crippen molar-refractivity contribution < 1.29 is 9.18 Å². The lowest BCUT2D eigenvalue weighted by Crippen LogP contribution is -2.48. The van der Waals surface area contributed by atoms with E-state index < -0.39 is 0 Å². The molecule has 2 N–H and O–H groups in total. The van der Waals surface area contributed by atoms with Crippen LogP contribution in [-0.4, -0.2) is 36.6 Å². The van der Waals surface area contributed by atoms with Gasteiger partial charge in [0.15, 0.2) is 0 Å². The van der Waals surface area contributed by atoms with Crippen LogP contribution in [0.4, 0.5) is 9.18 Å². The lowest BCUT2D eigenvalue weighted by atomic mass is 10.0. The molecular weight excluding hydrogens is 245 g/mol. The van der Waals surface area contributed by atoms with Crippen molar-refractivity contribution in [3.8, 4) is 0 Å². The first-order chi connectivity index (χ1) is 8.93. The number of rotatable bonds is 4. The molecule has 1 aromatic rings. The van der Waals surface area contributed by atoms with Crippen LogP contribution in [-0.2, 0) is 0 Å². The summed E-state index contributed by atoms with van der Waals surface area (Å²) >= 11 is 0. The van der Waals surface area contributed by atoms with Gasteiger partial charge >= 0.3 is 6.03 Å². The van der Waals surface area contributed by atoms with Crippen LogP contribution in [0, 0.1) is 5.82 Å². The molecule has 0 saturated carbocycles. The molecule has 1 atom stereocenters. The molecule has 104 valence electrons. The van der Waals surface area contributed by atoms with Crippen LogP contribution in [0.5, 0.6) is 0 Å². The number of halogens is 1. The van der Waals surface area contributed by atoms with Gasteiger partial charge in [0.1, 0.15) is 5.82 Å². The van der Waals surface area contributed by atoms with Gasteiger partial charge in [-0.3, -0.25) is 0 Å². The third-order valence-electron chi connectivity index (χ3n) is 3.53. The fraction of sp³-hybridized carbons (Fsp3) is 0.500. The Morgan fingerprint density at radius 2 is 2.16 bits per heavy atom. The van der Waals surface area contributed by atoms with Gasteiger partial charge in [-0.05, 0) is 27.0 Å². The zero-order valence-corrected chi connectivity index (χ0v) is 11.5. The Bertz CT molecular complexity index is 476. The van der Waals surface area contributed by atoms with Crippen LogP contribution in [0.2, 0.25) is 0 Å². The molecule has 4 nitrogen and oxygen atoms in total. The van der Waals surface area contributed by atoms with E-state index >= 15 is 0 Å². The molecule has 1 aliphatic rings. The predicted molar refractivity (Wildman–Crippen MR) is 72.4 cm³/mol. The zero-order chi connectivity index (χ0) is 14.0. The molecule has 0 aromatic heterocycles. The topological polar surface area (TPSA) is 44.4 Å². The summed E-state index contributed by atoms with van der Waals surface area (Å²) in [4.78, 5) is 13.6. The Kier molecular flexibility index (Phi) is 3.75. The number of hydrogen-bond donors (Lipinski definition) is 2. The van der Waals surface area contributed by atoms with E-state index in [1.807, 2.05) is 20.9 Å². The smallest absolute Gasteiger partial charge is 0.318 e. The highest BCUT2D eigenvalue weighted by atomic mass is 19.1. The monoisotopic (exact) mass is 265 g/mol. The van der Waals surface area contributed by atoms with Crippen molar-refractivity contribution in [2.75, 3.05) is 20.1 Å². The fourth-order valence-electron chi connectivity index (χ4n) is 2.22. The summed E-state index contributed by atoms with van der Waals surface area (Å²) in [5.41, 5.74) is 0.377. The summed E-state index contributed by atoms with van der Waals surface area (Å²) in [6.07, 6.45) is 0. The molecule has 1 aliphatic heterocycles. The van der Waals surface area contributed by atoms with Gasteiger partial charge in [0.25, 0.3) is 0 Å². The maximum absolute atomic E-state index is 13.7. The van der Waals surface area contributed by atoms with Gasteiger partial charge in [0.05, 0.1) is 6.04 Å². The maximum Gasteiger partial charge on any atom is 0.318 e. The SMILES string of the molecule is CNC(C)(C)CN1CC(c2ccccc2F)NC1=O. The molecule has 0 spiro atoms. The molecule has 2 rings (SSSR count). The minimum atomic E-state index is -0.277. The quantitative estimate of drug-likeness (QED) is 0.873. The molecule has 5 heteroatoms. The first-order valence-corrected chi connectivity index (χ1v) is 6.42. The van der Waals surface area contributed by atoms with Crippen molar-refractivity contribution in [3.63, 3.8) is 0 Å². The number of urea groups is 1. The summed E-state index contributed by atoms with van der Waals surface area (Å²) < 4.78 is 13.7. The first kappa shape index (κ1) is 13.8. The van der Waals surface area contributed by atoms with Crippen molar-refractivity contribution in [3.05, 3.63) is 35.6 Å². The maximum atomic E-state index is 13.7. The van der Waals surface area contributed by atoms with Gasteiger partial charge in [-0.25, -0.2) is 9.18 Å². The Morgan fingerprint density at radius 1 is 1.47 bits per heavy atom. The molecule has 1 unspecified atom stereocenters. The van der Waals surface area contributed by atoms with Crippen molar-refractivity contribution in [1.29, 1.82) is 0 Å². The lowest BCUT2D eigenvalue weighted by molar-refractivity contribution is 0.201. The third kappa shape index (κ3) is 3.04. The first-order valence-electron chi connectivity index (χ1n) is 6.42. The number of nitrogens with one attached hydrogen (secondary N) is 2. The summed E-state index contributed by atoms with van der Waals surface area (Å²) in [5, 5.41) is 5.99. The zero-order valence-electron chi connectivity index (χ0n) is 11.5. The minimum absolute atomic E-state index is 0.142. The minimum Gasteiger partial charge on any atom is -0.329 e. The number of nitrogens with zero attached hydrogens (tertiary/aromatic N) is 1. The Hall–Kier alpha value is -1.62. The molecule has 0 bridgehead atoms. The van der Waals surface area contributed by atoms with E-state index in [0.29, 0.717) is 18.7 Å². The Labute approximate surface area is 113 Å². The second kappa shape index (κ2) is 5.17. The second-order valence-electron chi connectivity index (χ2n) is 5.54. The molecule has 2 amide bonds. The molecule has 1 saturated heterocycles. The van der Waals surface area contributed by atoms with E-state index in [9.17, 15) is 9.18 Å². The Morgan fingerprint density at radius 3 is 2.79 bits per heavy atom. The van der Waals surface area contributed by atoms with Crippen molar-refractivity contribution in [1.82, 2.24) is 15.5 Å². The van der Waals surface area contributed by atoms with Gasteiger partial charge in [0.2, 0.25) is 0 Å². The van der Waals surface area contributed by atoms with E-state index in [1.54, 1.807) is 23.1 Å². The van der Waals surface area contributed by atoms with Crippen molar-refractivity contribution in [2.45, 2.75) is 25.4 Å². The number of benzene rings is 1. The van der Waals surface area contributed by atoms with E-state index in [2.05, 4.69) is 10.6 Å². The van der Waals surface area contributed by atoms with Crippen molar-refractivity contribution >= 4 is 6.03 Å². The van der Waals surface area contributed by atoms with Gasteiger partial charge in [-0.1, -0.05) is 18.2 Å². The highest BCUT2D eigenvalue weighted by Gasteiger charge is 2.33. The number of carbonyl (C=O) groups excluding carboxylic acids is 1. The molecule has 1 fully saturated rings. The van der Waals surface area contributed by atoms with Crippen LogP contribution in [0.25, 0.3) is 0 Å². The molecule has 0 radical (unpaired) electrons. The van der Waals surface area contributed by atoms with Crippen LogP contribution in [0.3, 0.4) is 0 Å². The van der Waals surface area contributed by atoms with Crippen LogP contribution in [0.1, 0.15) is 25.5 Å². The summed E-state index contributed by atoms with van der Waals surface area (Å²) in [6, 6.07) is 6.15. The molecule has 1 heterocycles. The van der Waals surface area contributed by atoms with Gasteiger partial charge in [0, 0.05) is 24.2 Å². The largest absolute Gasteiger partial charge is 0.329 e. The molecular formula is C14H20FN3O. The van der Waals surface area contributed by atoms with E-state index in [0.717, 1.165) is 0 Å². The van der Waals surface area contributed by atoms with Crippen LogP contribution >= 0.6 is 0 Å². The molecule has 19 heavy (non-hydrogen) atoms. The van der Waals surface area contributed by atoms with Gasteiger partial charge in [-0.15, -0.1) is 0 Å². The molecule has 0 aliphatic carbocycles. The van der Waals surface area contributed by atoms with E-state index in [-0.39, 0.29) is 23.4 Å². The predicted octanol–water partition coefficient (Wildman–Crippen LogP) is 1.89. The second-order valence-corrected chi connectivity index (χ2v) is 5.54. The standard InChI is InChI=1S/C14H20FN3O/c1-14(2,16-3)9-18-8-12(17-13(18)19)10-6-4-5-7-11(10)15/h4-7,12,16H,8-9H2,1-3H3,(H,17,19). The van der Waals surface area contributed by atoms with Crippen molar-refractivity contribution in [2.24, 2.45) is 0 Å². The number of amides is 2. The normalized spacial score (nSPS) is 19.7. The lowest BCUT2D eigenvalue weighted by Gasteiger charge is -2.29. The third-order valence-corrected chi connectivity index (χ3v) is 3.53. The Balaban J connectivity index is 2.10. The summed E-state index contributed by atoms with van der Waals surface area (Å²) in [5.74, 6) is -0.275. The highest BCUT2D eigenvalue weighted by Crippen LogP contribution is 2.23. The van der Waals surface area contributed by atoms with Crippen LogP contribution < -0.4 is 10.6 Å². The summed E-state index contributed by atoms with van der Waals surface area (Å²) in [6.45, 7) is 5.12. The van der Waals surface area contributed by atoms with Gasteiger partial charge < -0.3 is 15.5 Å². The van der Waals surface area contributed by atoms with Gasteiger partial charge in [-0.2, -0.15) is 0 Å². The summed E-state index contributed by atoms with van der Waals surface area (Å²) in [7, 11) is 1.86. The van der Waals surface area contributed by atoms with E-state index in [1.165, 1.54) is 6.07 Å². The number of hydrogen-bond acceptors (Lipinski definition) is 2.